The molecule has 0 radical (unpaired) electrons. The Labute approximate surface area is 82.7 Å². The van der Waals surface area contributed by atoms with E-state index in [1.807, 2.05) is 18.0 Å². The summed E-state index contributed by atoms with van der Waals surface area (Å²) in [6, 6.07) is 0. The van der Waals surface area contributed by atoms with Crippen molar-refractivity contribution >= 4 is 39.0 Å². The zero-order valence-electron chi connectivity index (χ0n) is 5.92. The zero-order valence-corrected chi connectivity index (χ0v) is 9.14. The van der Waals surface area contributed by atoms with Crippen LogP contribution in [0.3, 0.4) is 0 Å². The molecule has 2 rings (SSSR count). The molecule has 0 aliphatic carbocycles. The van der Waals surface area contributed by atoms with Gasteiger partial charge in [-0.3, -0.25) is 0 Å². The van der Waals surface area contributed by atoms with E-state index in [9.17, 15) is 0 Å². The molecular weight excluding hydrogens is 242 g/mol. The van der Waals surface area contributed by atoms with Crippen molar-refractivity contribution in [2.45, 2.75) is 12.3 Å². The highest BCUT2D eigenvalue weighted by Gasteiger charge is 2.19. The first kappa shape index (κ1) is 8.08. The van der Waals surface area contributed by atoms with Crippen LogP contribution < -0.4 is 0 Å². The van der Waals surface area contributed by atoms with E-state index in [-0.39, 0.29) is 0 Å². The summed E-state index contributed by atoms with van der Waals surface area (Å²) in [6.07, 6.45) is 3.34. The van der Waals surface area contributed by atoms with Gasteiger partial charge in [-0.05, 0) is 28.1 Å². The predicted molar refractivity (Wildman–Crippen MR) is 54.5 cm³/mol. The van der Waals surface area contributed by atoms with E-state index in [0.29, 0.717) is 0 Å². The van der Waals surface area contributed by atoms with Gasteiger partial charge < -0.3 is 0 Å². The largest absolute Gasteiger partial charge is 0.237 e. The fourth-order valence-electron chi connectivity index (χ4n) is 1.21. The predicted octanol–water partition coefficient (Wildman–Crippen LogP) is 3.13. The molecule has 11 heavy (non-hydrogen) atoms. The zero-order chi connectivity index (χ0) is 7.68. The Kier molecular flexibility index (Phi) is 2.54. The van der Waals surface area contributed by atoms with Crippen LogP contribution in [0.4, 0.5) is 0 Å². The molecule has 1 unspecified atom stereocenters. The van der Waals surface area contributed by atoms with E-state index >= 15 is 0 Å². The van der Waals surface area contributed by atoms with Crippen molar-refractivity contribution in [2.75, 3.05) is 11.5 Å². The first-order valence-corrected chi connectivity index (χ1v) is 6.31. The molecule has 2 heterocycles. The quantitative estimate of drug-likeness (QED) is 0.759. The maximum atomic E-state index is 4.19. The van der Waals surface area contributed by atoms with Gasteiger partial charge >= 0.3 is 0 Å². The summed E-state index contributed by atoms with van der Waals surface area (Å²) in [5.74, 6) is 3.39. The van der Waals surface area contributed by atoms with Crippen molar-refractivity contribution in [3.63, 3.8) is 0 Å². The molecule has 0 bridgehead atoms. The van der Waals surface area contributed by atoms with Crippen LogP contribution in [-0.4, -0.2) is 16.5 Å². The molecule has 1 aromatic rings. The molecule has 1 aliphatic rings. The first-order chi connectivity index (χ1) is 5.36. The molecule has 0 aromatic carbocycles. The molecule has 1 nitrogen and oxygen atoms in total. The fraction of sp³-hybridized carbons (Fsp3) is 0.571. The minimum absolute atomic E-state index is 0.781. The Morgan fingerprint density at radius 1 is 1.64 bits per heavy atom. The summed E-state index contributed by atoms with van der Waals surface area (Å²) in [7, 11) is 0. The minimum Gasteiger partial charge on any atom is -0.237 e. The second-order valence-electron chi connectivity index (χ2n) is 2.58. The van der Waals surface area contributed by atoms with Crippen LogP contribution in [0.15, 0.2) is 10.1 Å². The number of aromatic nitrogens is 1. The smallest absolute Gasteiger partial charge is 0.159 e. The lowest BCUT2D eigenvalue weighted by Crippen LogP contribution is -1.91. The number of thioether (sulfide) groups is 1. The van der Waals surface area contributed by atoms with Gasteiger partial charge in [-0.25, -0.2) is 4.98 Å². The highest BCUT2D eigenvalue weighted by molar-refractivity contribution is 9.11. The molecule has 1 aromatic heterocycles. The van der Waals surface area contributed by atoms with Crippen LogP contribution in [0.2, 0.25) is 0 Å². The number of halogens is 1. The van der Waals surface area contributed by atoms with Crippen LogP contribution >= 0.6 is 39.0 Å². The SMILES string of the molecule is Brc1ncc(C2CCSC2)s1. The molecule has 4 heteroatoms. The molecule has 0 amide bonds. The van der Waals surface area contributed by atoms with Gasteiger partial charge in [0.25, 0.3) is 0 Å². The molecule has 0 spiro atoms. The molecule has 0 N–H and O–H groups in total. The standard InChI is InChI=1S/C7H8BrNS2/c8-7-9-3-6(11-7)5-1-2-10-4-5/h3,5H,1-2,4H2. The van der Waals surface area contributed by atoms with Crippen LogP contribution in [0.5, 0.6) is 0 Å². The third kappa shape index (κ3) is 1.79. The molecule has 60 valence electrons. The first-order valence-electron chi connectivity index (χ1n) is 3.55. The van der Waals surface area contributed by atoms with E-state index < -0.39 is 0 Å². The van der Waals surface area contributed by atoms with Crippen molar-refractivity contribution in [1.29, 1.82) is 0 Å². The summed E-state index contributed by atoms with van der Waals surface area (Å²) < 4.78 is 1.02. The van der Waals surface area contributed by atoms with Crippen molar-refractivity contribution < 1.29 is 0 Å². The van der Waals surface area contributed by atoms with Gasteiger partial charge in [-0.2, -0.15) is 11.8 Å². The van der Waals surface area contributed by atoms with E-state index in [4.69, 9.17) is 0 Å². The van der Waals surface area contributed by atoms with Gasteiger partial charge in [-0.15, -0.1) is 11.3 Å². The Hall–Kier alpha value is 0.460. The van der Waals surface area contributed by atoms with E-state index in [0.717, 1.165) is 9.83 Å². The second-order valence-corrected chi connectivity index (χ2v) is 6.06. The van der Waals surface area contributed by atoms with Crippen LogP contribution in [0.25, 0.3) is 0 Å². The lowest BCUT2D eigenvalue weighted by Gasteiger charge is -2.01. The summed E-state index contributed by atoms with van der Waals surface area (Å²) in [6.45, 7) is 0. The van der Waals surface area contributed by atoms with E-state index in [1.165, 1.54) is 22.8 Å². The molecule has 1 atom stereocenters. The van der Waals surface area contributed by atoms with Gasteiger partial charge in [0.2, 0.25) is 0 Å². The highest BCUT2D eigenvalue weighted by Crippen LogP contribution is 2.36. The monoisotopic (exact) mass is 249 g/mol. The summed E-state index contributed by atoms with van der Waals surface area (Å²) >= 11 is 7.21. The van der Waals surface area contributed by atoms with Gasteiger partial charge in [0.1, 0.15) is 0 Å². The number of hydrogen-bond acceptors (Lipinski definition) is 3. The lowest BCUT2D eigenvalue weighted by atomic mass is 10.1. The van der Waals surface area contributed by atoms with Crippen LogP contribution in [-0.2, 0) is 0 Å². The Balaban J connectivity index is 2.15. The Bertz CT molecular complexity index is 242. The number of thiazole rings is 1. The normalized spacial score (nSPS) is 24.3. The van der Waals surface area contributed by atoms with Crippen molar-refractivity contribution in [1.82, 2.24) is 4.98 Å². The summed E-state index contributed by atoms with van der Waals surface area (Å²) in [5.41, 5.74) is 0. The van der Waals surface area contributed by atoms with E-state index in [2.05, 4.69) is 20.9 Å². The third-order valence-corrected chi connectivity index (χ3v) is 4.63. The number of nitrogens with zero attached hydrogens (tertiary/aromatic N) is 1. The molecular formula is C7H8BrNS2. The number of rotatable bonds is 1. The minimum atomic E-state index is 0.781. The average Bonchev–Trinajstić information content (AvgIpc) is 2.55. The third-order valence-electron chi connectivity index (χ3n) is 1.83. The van der Waals surface area contributed by atoms with Gasteiger partial charge in [0.15, 0.2) is 3.92 Å². The summed E-state index contributed by atoms with van der Waals surface area (Å²) in [4.78, 5) is 5.63. The molecule has 1 aliphatic heterocycles. The second kappa shape index (κ2) is 3.46. The maximum absolute atomic E-state index is 4.19. The lowest BCUT2D eigenvalue weighted by molar-refractivity contribution is 0.796. The summed E-state index contributed by atoms with van der Waals surface area (Å²) in [5, 5.41) is 0. The van der Waals surface area contributed by atoms with Crippen LogP contribution in [0.1, 0.15) is 17.2 Å². The number of hydrogen-bond donors (Lipinski definition) is 0. The molecule has 0 saturated carbocycles. The van der Waals surface area contributed by atoms with Gasteiger partial charge in [-0.1, -0.05) is 0 Å². The van der Waals surface area contributed by atoms with Crippen molar-refractivity contribution in [3.05, 3.63) is 15.0 Å². The molecule has 1 saturated heterocycles. The highest BCUT2D eigenvalue weighted by atomic mass is 79.9. The Morgan fingerprint density at radius 2 is 2.55 bits per heavy atom. The van der Waals surface area contributed by atoms with E-state index in [1.54, 1.807) is 11.3 Å². The Morgan fingerprint density at radius 3 is 3.09 bits per heavy atom. The average molecular weight is 250 g/mol. The fourth-order valence-corrected chi connectivity index (χ4v) is 4.00. The maximum Gasteiger partial charge on any atom is 0.159 e. The van der Waals surface area contributed by atoms with Crippen molar-refractivity contribution in [3.8, 4) is 0 Å². The van der Waals surface area contributed by atoms with Gasteiger partial charge in [0.05, 0.1) is 0 Å². The molecule has 1 fully saturated rings. The van der Waals surface area contributed by atoms with Crippen LogP contribution in [0, 0.1) is 0 Å². The van der Waals surface area contributed by atoms with Crippen molar-refractivity contribution in [2.24, 2.45) is 0 Å². The van der Waals surface area contributed by atoms with Gasteiger partial charge in [0, 0.05) is 22.7 Å². The topological polar surface area (TPSA) is 12.9 Å².